The third kappa shape index (κ3) is 3.62. The summed E-state index contributed by atoms with van der Waals surface area (Å²) < 4.78 is 0. The summed E-state index contributed by atoms with van der Waals surface area (Å²) in [5, 5.41) is 9.02. The maximum absolute atomic E-state index is 12.4. The Morgan fingerprint density at radius 1 is 1.00 bits per heavy atom. The second-order valence-corrected chi connectivity index (χ2v) is 8.89. The molecule has 1 aromatic carbocycles. The van der Waals surface area contributed by atoms with E-state index < -0.39 is 0 Å². The summed E-state index contributed by atoms with van der Waals surface area (Å²) in [5.41, 5.74) is 2.23. The molecule has 0 radical (unpaired) electrons. The van der Waals surface area contributed by atoms with Gasteiger partial charge in [0.15, 0.2) is 5.82 Å². The third-order valence-corrected chi connectivity index (χ3v) is 6.63. The van der Waals surface area contributed by atoms with E-state index in [0.29, 0.717) is 12.3 Å². The Bertz CT molecular complexity index is 833. The lowest BCUT2D eigenvalue weighted by Gasteiger charge is -2.48. The van der Waals surface area contributed by atoms with Crippen molar-refractivity contribution >= 4 is 11.7 Å². The molecular formula is C23H28N4O. The maximum atomic E-state index is 12.4. The Hall–Kier alpha value is -2.43. The highest BCUT2D eigenvalue weighted by molar-refractivity contribution is 5.77. The largest absolute Gasteiger partial charge is 0.355 e. The Labute approximate surface area is 166 Å². The molecule has 0 unspecified atom stereocenters. The molecule has 146 valence electrons. The highest BCUT2D eigenvalue weighted by Gasteiger charge is 2.43. The fourth-order valence-electron chi connectivity index (χ4n) is 4.87. The van der Waals surface area contributed by atoms with Crippen molar-refractivity contribution < 1.29 is 4.79 Å². The molecule has 0 bridgehead atoms. The van der Waals surface area contributed by atoms with E-state index in [4.69, 9.17) is 0 Å². The minimum Gasteiger partial charge on any atom is -0.355 e. The average Bonchev–Trinajstić information content (AvgIpc) is 3.56. The topological polar surface area (TPSA) is 49.3 Å². The van der Waals surface area contributed by atoms with Crippen LogP contribution in [0.1, 0.15) is 38.5 Å². The zero-order chi connectivity index (χ0) is 19.0. The quantitative estimate of drug-likeness (QED) is 0.815. The van der Waals surface area contributed by atoms with Crippen molar-refractivity contribution in [3.05, 3.63) is 42.5 Å². The molecule has 2 saturated heterocycles. The molecule has 1 saturated carbocycles. The van der Waals surface area contributed by atoms with Gasteiger partial charge < -0.3 is 9.80 Å². The highest BCUT2D eigenvalue weighted by Crippen LogP contribution is 2.41. The van der Waals surface area contributed by atoms with E-state index in [1.54, 1.807) is 0 Å². The van der Waals surface area contributed by atoms with Gasteiger partial charge in [-0.15, -0.1) is 10.2 Å². The normalized spacial score (nSPS) is 25.4. The Morgan fingerprint density at radius 2 is 1.86 bits per heavy atom. The molecule has 28 heavy (non-hydrogen) atoms. The second kappa shape index (κ2) is 7.19. The SMILES string of the molecule is O=C1CC[C@]2(CCCN(c3ccc(-c4ccccc4)nn3)C2)CN1CC1CC1. The predicted octanol–water partition coefficient (Wildman–Crippen LogP) is 3.76. The van der Waals surface area contributed by atoms with Gasteiger partial charge in [-0.2, -0.15) is 0 Å². The minimum absolute atomic E-state index is 0.223. The Balaban J connectivity index is 1.30. The fraction of sp³-hybridized carbons (Fsp3) is 0.522. The zero-order valence-corrected chi connectivity index (χ0v) is 16.4. The number of carbonyl (C=O) groups excluding carboxylic acids is 1. The van der Waals surface area contributed by atoms with Crippen molar-refractivity contribution in [1.29, 1.82) is 0 Å². The van der Waals surface area contributed by atoms with Gasteiger partial charge in [0.25, 0.3) is 0 Å². The lowest BCUT2D eigenvalue weighted by molar-refractivity contribution is -0.138. The van der Waals surface area contributed by atoms with Crippen LogP contribution in [0.2, 0.25) is 0 Å². The van der Waals surface area contributed by atoms with E-state index in [0.717, 1.165) is 62.0 Å². The molecule has 1 atom stereocenters. The number of piperidine rings is 2. The number of hydrogen-bond acceptors (Lipinski definition) is 4. The third-order valence-electron chi connectivity index (χ3n) is 6.63. The number of anilines is 1. The molecule has 1 amide bonds. The number of amides is 1. The first-order chi connectivity index (χ1) is 13.7. The van der Waals surface area contributed by atoms with Gasteiger partial charge in [0.2, 0.25) is 5.91 Å². The summed E-state index contributed by atoms with van der Waals surface area (Å²) in [5.74, 6) is 2.08. The van der Waals surface area contributed by atoms with Gasteiger partial charge in [0.05, 0.1) is 5.69 Å². The number of benzene rings is 1. The van der Waals surface area contributed by atoms with E-state index in [-0.39, 0.29) is 5.41 Å². The Morgan fingerprint density at radius 3 is 2.61 bits per heavy atom. The van der Waals surface area contributed by atoms with Crippen molar-refractivity contribution in [2.24, 2.45) is 11.3 Å². The fourth-order valence-corrected chi connectivity index (χ4v) is 4.87. The minimum atomic E-state index is 0.223. The van der Waals surface area contributed by atoms with Gasteiger partial charge in [-0.05, 0) is 50.2 Å². The molecule has 3 aliphatic rings. The molecule has 0 N–H and O–H groups in total. The highest BCUT2D eigenvalue weighted by atomic mass is 16.2. The Kier molecular flexibility index (Phi) is 4.53. The van der Waals surface area contributed by atoms with Gasteiger partial charge in [-0.1, -0.05) is 30.3 Å². The van der Waals surface area contributed by atoms with Crippen LogP contribution >= 0.6 is 0 Å². The van der Waals surface area contributed by atoms with Crippen LogP contribution in [-0.2, 0) is 4.79 Å². The molecule has 3 fully saturated rings. The van der Waals surface area contributed by atoms with Crippen LogP contribution in [0.15, 0.2) is 42.5 Å². The van der Waals surface area contributed by atoms with E-state index in [9.17, 15) is 4.79 Å². The van der Waals surface area contributed by atoms with E-state index >= 15 is 0 Å². The zero-order valence-electron chi connectivity index (χ0n) is 16.4. The molecular weight excluding hydrogens is 348 g/mol. The van der Waals surface area contributed by atoms with Gasteiger partial charge in [-0.25, -0.2) is 0 Å². The number of likely N-dealkylation sites (tertiary alicyclic amines) is 1. The first-order valence-corrected chi connectivity index (χ1v) is 10.6. The number of rotatable bonds is 4. The van der Waals surface area contributed by atoms with Crippen LogP contribution in [0.25, 0.3) is 11.3 Å². The molecule has 5 nitrogen and oxygen atoms in total. The summed E-state index contributed by atoms with van der Waals surface area (Å²) in [6, 6.07) is 14.4. The molecule has 2 aromatic rings. The lowest BCUT2D eigenvalue weighted by Crippen LogP contribution is -2.54. The van der Waals surface area contributed by atoms with Crippen LogP contribution < -0.4 is 4.90 Å². The smallest absolute Gasteiger partial charge is 0.222 e. The molecule has 1 spiro atoms. The van der Waals surface area contributed by atoms with Crippen LogP contribution in [0.3, 0.4) is 0 Å². The number of hydrogen-bond donors (Lipinski definition) is 0. The average molecular weight is 377 g/mol. The number of aromatic nitrogens is 2. The van der Waals surface area contributed by atoms with Crippen LogP contribution in [0, 0.1) is 11.3 Å². The predicted molar refractivity (Wildman–Crippen MR) is 110 cm³/mol. The molecule has 5 heteroatoms. The molecule has 1 aromatic heterocycles. The van der Waals surface area contributed by atoms with E-state index in [2.05, 4.69) is 44.3 Å². The summed E-state index contributed by atoms with van der Waals surface area (Å²) in [4.78, 5) is 16.9. The van der Waals surface area contributed by atoms with Crippen LogP contribution in [0.5, 0.6) is 0 Å². The van der Waals surface area contributed by atoms with Crippen LogP contribution in [0.4, 0.5) is 5.82 Å². The van der Waals surface area contributed by atoms with Crippen molar-refractivity contribution in [3.63, 3.8) is 0 Å². The molecule has 2 aliphatic heterocycles. The monoisotopic (exact) mass is 376 g/mol. The van der Waals surface area contributed by atoms with Crippen molar-refractivity contribution in [2.45, 2.75) is 38.5 Å². The van der Waals surface area contributed by atoms with Gasteiger partial charge in [-0.3, -0.25) is 4.79 Å². The van der Waals surface area contributed by atoms with Gasteiger partial charge in [0.1, 0.15) is 0 Å². The number of carbonyl (C=O) groups is 1. The van der Waals surface area contributed by atoms with Gasteiger partial charge >= 0.3 is 0 Å². The number of nitrogens with zero attached hydrogens (tertiary/aromatic N) is 4. The summed E-state index contributed by atoms with van der Waals surface area (Å²) >= 11 is 0. The molecule has 3 heterocycles. The van der Waals surface area contributed by atoms with Crippen molar-refractivity contribution in [1.82, 2.24) is 15.1 Å². The van der Waals surface area contributed by atoms with E-state index in [1.165, 1.54) is 19.3 Å². The molecule has 1 aliphatic carbocycles. The maximum Gasteiger partial charge on any atom is 0.222 e. The second-order valence-electron chi connectivity index (χ2n) is 8.89. The molecule has 5 rings (SSSR count). The van der Waals surface area contributed by atoms with Crippen molar-refractivity contribution in [3.8, 4) is 11.3 Å². The summed E-state index contributed by atoms with van der Waals surface area (Å²) in [7, 11) is 0. The van der Waals surface area contributed by atoms with Crippen LogP contribution in [-0.4, -0.2) is 47.2 Å². The first kappa shape index (κ1) is 17.7. The van der Waals surface area contributed by atoms with Gasteiger partial charge in [0, 0.05) is 43.6 Å². The summed E-state index contributed by atoms with van der Waals surface area (Å²) in [6.45, 7) is 3.92. The summed E-state index contributed by atoms with van der Waals surface area (Å²) in [6.07, 6.45) is 6.69. The van der Waals surface area contributed by atoms with E-state index in [1.807, 2.05) is 18.2 Å². The lowest BCUT2D eigenvalue weighted by atomic mass is 9.73. The standard InChI is InChI=1S/C23H28N4O/c28-22-11-13-23(17-27(22)15-18-7-8-18)12-4-14-26(16-23)21-10-9-20(24-25-21)19-5-2-1-3-6-19/h1-3,5-6,9-10,18H,4,7-8,11-17H2/t23-/m0/s1. The van der Waals surface area contributed by atoms with Crippen molar-refractivity contribution in [2.75, 3.05) is 31.1 Å². The first-order valence-electron chi connectivity index (χ1n) is 10.6.